The van der Waals surface area contributed by atoms with Crippen LogP contribution in [0.25, 0.3) is 0 Å². The predicted octanol–water partition coefficient (Wildman–Crippen LogP) is 3.68. The van der Waals surface area contributed by atoms with Gasteiger partial charge in [0.1, 0.15) is 0 Å². The van der Waals surface area contributed by atoms with Crippen molar-refractivity contribution in [3.05, 3.63) is 71.8 Å². The maximum absolute atomic E-state index is 12.9. The lowest BCUT2D eigenvalue weighted by Crippen LogP contribution is -2.41. The van der Waals surface area contributed by atoms with Crippen molar-refractivity contribution < 1.29 is 8.42 Å². The lowest BCUT2D eigenvalue weighted by atomic mass is 9.95. The van der Waals surface area contributed by atoms with Gasteiger partial charge in [-0.15, -0.1) is 0 Å². The average molecular weight is 359 g/mol. The van der Waals surface area contributed by atoms with Gasteiger partial charge in [-0.3, -0.25) is 0 Å². The molecule has 0 heterocycles. The molecule has 0 aromatic heterocycles. The third-order valence-electron chi connectivity index (χ3n) is 4.98. The van der Waals surface area contributed by atoms with Gasteiger partial charge in [0.2, 0.25) is 10.0 Å². The molecule has 2 unspecified atom stereocenters. The number of sulfonamides is 1. The largest absolute Gasteiger partial charge is 0.322 e. The molecule has 3 rings (SSSR count). The second kappa shape index (κ2) is 8.13. The Morgan fingerprint density at radius 2 is 1.36 bits per heavy atom. The molecule has 2 atom stereocenters. The summed E-state index contributed by atoms with van der Waals surface area (Å²) < 4.78 is 28.8. The van der Waals surface area contributed by atoms with Gasteiger partial charge >= 0.3 is 0 Å². The topological polar surface area (TPSA) is 72.2 Å². The van der Waals surface area contributed by atoms with E-state index in [1.165, 1.54) is 0 Å². The molecule has 0 aliphatic heterocycles. The van der Waals surface area contributed by atoms with Gasteiger partial charge in [0.05, 0.1) is 17.3 Å². The molecule has 1 saturated carbocycles. The molecule has 25 heavy (non-hydrogen) atoms. The van der Waals surface area contributed by atoms with Crippen LogP contribution in [0.5, 0.6) is 0 Å². The SMILES string of the molecule is NC(c1ccccc1)C(NS(=O)(=O)C1CCCCC1)c1ccccc1. The average Bonchev–Trinajstić information content (AvgIpc) is 2.68. The van der Waals surface area contributed by atoms with Gasteiger partial charge in [-0.1, -0.05) is 79.9 Å². The summed E-state index contributed by atoms with van der Waals surface area (Å²) in [5, 5.41) is -0.310. The van der Waals surface area contributed by atoms with Crippen LogP contribution in [-0.4, -0.2) is 13.7 Å². The maximum atomic E-state index is 12.9. The molecule has 134 valence electrons. The molecule has 0 radical (unpaired) electrons. The van der Waals surface area contributed by atoms with Crippen molar-refractivity contribution in [3.8, 4) is 0 Å². The Bertz CT molecular complexity index is 757. The highest BCUT2D eigenvalue weighted by Crippen LogP contribution is 2.30. The van der Waals surface area contributed by atoms with E-state index in [0.717, 1.165) is 43.2 Å². The van der Waals surface area contributed by atoms with Gasteiger partial charge in [-0.25, -0.2) is 13.1 Å². The normalized spacial score (nSPS) is 18.6. The Hall–Kier alpha value is -1.69. The fourth-order valence-corrected chi connectivity index (χ4v) is 5.31. The van der Waals surface area contributed by atoms with Gasteiger partial charge in [-0.05, 0) is 24.0 Å². The summed E-state index contributed by atoms with van der Waals surface area (Å²) in [5.41, 5.74) is 8.29. The highest BCUT2D eigenvalue weighted by molar-refractivity contribution is 7.90. The van der Waals surface area contributed by atoms with E-state index >= 15 is 0 Å². The minimum atomic E-state index is -3.41. The number of hydrogen-bond acceptors (Lipinski definition) is 3. The van der Waals surface area contributed by atoms with Crippen LogP contribution in [0.4, 0.5) is 0 Å². The van der Waals surface area contributed by atoms with Crippen LogP contribution in [0, 0.1) is 0 Å². The lowest BCUT2D eigenvalue weighted by Gasteiger charge is -2.29. The Morgan fingerprint density at radius 1 is 0.840 bits per heavy atom. The van der Waals surface area contributed by atoms with Crippen molar-refractivity contribution in [2.24, 2.45) is 5.73 Å². The fraction of sp³-hybridized carbons (Fsp3) is 0.400. The third kappa shape index (κ3) is 4.48. The van der Waals surface area contributed by atoms with Gasteiger partial charge < -0.3 is 5.73 Å². The molecule has 1 fully saturated rings. The van der Waals surface area contributed by atoms with Crippen LogP contribution in [0.15, 0.2) is 60.7 Å². The van der Waals surface area contributed by atoms with E-state index in [9.17, 15) is 8.42 Å². The number of nitrogens with one attached hydrogen (secondary N) is 1. The third-order valence-corrected chi connectivity index (χ3v) is 6.92. The van der Waals surface area contributed by atoms with E-state index in [-0.39, 0.29) is 5.25 Å². The standard InChI is InChI=1S/C20H26N2O2S/c21-19(16-10-4-1-5-11-16)20(17-12-6-2-7-13-17)22-25(23,24)18-14-8-3-9-15-18/h1-2,4-7,10-13,18-20,22H,3,8-9,14-15,21H2. The zero-order chi connectivity index (χ0) is 17.7. The van der Waals surface area contributed by atoms with E-state index in [0.29, 0.717) is 0 Å². The smallest absolute Gasteiger partial charge is 0.215 e. The fourth-order valence-electron chi connectivity index (χ4n) is 3.53. The minimum absolute atomic E-state index is 0.310. The van der Waals surface area contributed by atoms with E-state index in [1.54, 1.807) is 0 Å². The van der Waals surface area contributed by atoms with Gasteiger partial charge in [-0.2, -0.15) is 0 Å². The highest BCUT2D eigenvalue weighted by Gasteiger charge is 2.32. The summed E-state index contributed by atoms with van der Waals surface area (Å²) >= 11 is 0. The Labute approximate surface area is 150 Å². The highest BCUT2D eigenvalue weighted by atomic mass is 32.2. The zero-order valence-corrected chi connectivity index (χ0v) is 15.2. The molecule has 0 bridgehead atoms. The number of hydrogen-bond donors (Lipinski definition) is 2. The molecule has 1 aliphatic carbocycles. The summed E-state index contributed by atoms with van der Waals surface area (Å²) in [6.07, 6.45) is 4.55. The maximum Gasteiger partial charge on any atom is 0.215 e. The first-order valence-corrected chi connectivity index (χ1v) is 10.5. The minimum Gasteiger partial charge on any atom is -0.322 e. The molecule has 4 nitrogen and oxygen atoms in total. The molecule has 2 aromatic rings. The van der Waals surface area contributed by atoms with Crippen molar-refractivity contribution in [2.75, 3.05) is 0 Å². The molecule has 5 heteroatoms. The summed E-state index contributed by atoms with van der Waals surface area (Å²) in [5.74, 6) is 0. The molecule has 0 spiro atoms. The zero-order valence-electron chi connectivity index (χ0n) is 14.3. The van der Waals surface area contributed by atoms with Crippen LogP contribution in [0.2, 0.25) is 0 Å². The van der Waals surface area contributed by atoms with Gasteiger partial charge in [0, 0.05) is 0 Å². The van der Waals surface area contributed by atoms with E-state index in [1.807, 2.05) is 60.7 Å². The van der Waals surface area contributed by atoms with Crippen molar-refractivity contribution in [1.82, 2.24) is 4.72 Å². The number of nitrogens with two attached hydrogens (primary N) is 1. The van der Waals surface area contributed by atoms with Crippen LogP contribution < -0.4 is 10.5 Å². The first-order valence-electron chi connectivity index (χ1n) is 8.94. The number of benzene rings is 2. The van der Waals surface area contributed by atoms with E-state index in [4.69, 9.17) is 5.73 Å². The second-order valence-electron chi connectivity index (χ2n) is 6.75. The molecule has 3 N–H and O–H groups in total. The predicted molar refractivity (Wildman–Crippen MR) is 101 cm³/mol. The van der Waals surface area contributed by atoms with Crippen molar-refractivity contribution in [1.29, 1.82) is 0 Å². The molecular formula is C20H26N2O2S. The van der Waals surface area contributed by atoms with Gasteiger partial charge in [0.25, 0.3) is 0 Å². The summed E-state index contributed by atoms with van der Waals surface area (Å²) in [4.78, 5) is 0. The second-order valence-corrected chi connectivity index (χ2v) is 8.74. The molecular weight excluding hydrogens is 332 g/mol. The van der Waals surface area contributed by atoms with Gasteiger partial charge in [0.15, 0.2) is 0 Å². The van der Waals surface area contributed by atoms with Crippen molar-refractivity contribution >= 4 is 10.0 Å². The monoisotopic (exact) mass is 358 g/mol. The quantitative estimate of drug-likeness (QED) is 0.827. The summed E-state index contributed by atoms with van der Waals surface area (Å²) in [6.45, 7) is 0. The molecule has 1 aliphatic rings. The van der Waals surface area contributed by atoms with Crippen LogP contribution in [-0.2, 0) is 10.0 Å². The van der Waals surface area contributed by atoms with E-state index < -0.39 is 22.1 Å². The van der Waals surface area contributed by atoms with Crippen LogP contribution in [0.3, 0.4) is 0 Å². The van der Waals surface area contributed by atoms with Crippen molar-refractivity contribution in [3.63, 3.8) is 0 Å². The van der Waals surface area contributed by atoms with E-state index in [2.05, 4.69) is 4.72 Å². The molecule has 2 aromatic carbocycles. The summed E-state index contributed by atoms with van der Waals surface area (Å²) in [7, 11) is -3.41. The summed E-state index contributed by atoms with van der Waals surface area (Å²) in [6, 6.07) is 18.3. The first-order chi connectivity index (χ1) is 12.1. The number of rotatable bonds is 6. The Morgan fingerprint density at radius 3 is 1.92 bits per heavy atom. The Balaban J connectivity index is 1.89. The van der Waals surface area contributed by atoms with Crippen LogP contribution >= 0.6 is 0 Å². The Kier molecular flexibility index (Phi) is 5.89. The van der Waals surface area contributed by atoms with Crippen molar-refractivity contribution in [2.45, 2.75) is 49.4 Å². The molecule has 0 amide bonds. The lowest BCUT2D eigenvalue weighted by molar-refractivity contribution is 0.457. The van der Waals surface area contributed by atoms with Crippen LogP contribution in [0.1, 0.15) is 55.3 Å². The first kappa shape index (κ1) is 18.1. The molecule has 0 saturated heterocycles.